The highest BCUT2D eigenvalue weighted by atomic mass is 35.5. The number of anilines is 1. The molecule has 0 unspecified atom stereocenters. The molecule has 1 aromatic heterocycles. The second-order valence-corrected chi connectivity index (χ2v) is 5.44. The SMILES string of the molecule is Cc1nn(C)c(CSc2c(F)cc(N)cc2F)c1Cl. The number of benzene rings is 1. The van der Waals surface area contributed by atoms with Crippen LogP contribution in [0.4, 0.5) is 14.5 Å². The minimum Gasteiger partial charge on any atom is -0.399 e. The van der Waals surface area contributed by atoms with Gasteiger partial charge in [-0.25, -0.2) is 8.78 Å². The second-order valence-electron chi connectivity index (χ2n) is 4.07. The van der Waals surface area contributed by atoms with Crippen molar-refractivity contribution in [3.63, 3.8) is 0 Å². The maximum absolute atomic E-state index is 13.6. The summed E-state index contributed by atoms with van der Waals surface area (Å²) >= 11 is 7.11. The molecule has 1 aromatic carbocycles. The summed E-state index contributed by atoms with van der Waals surface area (Å²) in [6.45, 7) is 1.78. The zero-order chi connectivity index (χ0) is 14.2. The van der Waals surface area contributed by atoms with Crippen LogP contribution in [0.15, 0.2) is 17.0 Å². The van der Waals surface area contributed by atoms with Gasteiger partial charge >= 0.3 is 0 Å². The van der Waals surface area contributed by atoms with Gasteiger partial charge in [0.05, 0.1) is 21.3 Å². The first-order chi connectivity index (χ1) is 8.90. The van der Waals surface area contributed by atoms with Gasteiger partial charge in [0.25, 0.3) is 0 Å². The molecule has 102 valence electrons. The molecule has 0 saturated carbocycles. The molecule has 0 aliphatic carbocycles. The van der Waals surface area contributed by atoms with Crippen molar-refractivity contribution < 1.29 is 8.78 Å². The second kappa shape index (κ2) is 5.38. The largest absolute Gasteiger partial charge is 0.399 e. The summed E-state index contributed by atoms with van der Waals surface area (Å²) in [6, 6.07) is 2.20. The van der Waals surface area contributed by atoms with Gasteiger partial charge in [-0.05, 0) is 19.1 Å². The maximum atomic E-state index is 13.6. The molecule has 0 spiro atoms. The highest BCUT2D eigenvalue weighted by molar-refractivity contribution is 7.98. The van der Waals surface area contributed by atoms with Gasteiger partial charge in [0.2, 0.25) is 0 Å². The summed E-state index contributed by atoms with van der Waals surface area (Å²) in [4.78, 5) is -0.0656. The van der Waals surface area contributed by atoms with Crippen molar-refractivity contribution in [1.82, 2.24) is 9.78 Å². The summed E-state index contributed by atoms with van der Waals surface area (Å²) in [5.74, 6) is -1.01. The van der Waals surface area contributed by atoms with E-state index in [-0.39, 0.29) is 10.6 Å². The molecule has 3 nitrogen and oxygen atoms in total. The van der Waals surface area contributed by atoms with Gasteiger partial charge in [0, 0.05) is 18.5 Å². The van der Waals surface area contributed by atoms with Crippen LogP contribution in [-0.2, 0) is 12.8 Å². The fraction of sp³-hybridized carbons (Fsp3) is 0.250. The van der Waals surface area contributed by atoms with Crippen LogP contribution in [0.25, 0.3) is 0 Å². The van der Waals surface area contributed by atoms with Crippen LogP contribution in [0, 0.1) is 18.6 Å². The molecule has 0 saturated heterocycles. The normalized spacial score (nSPS) is 11.0. The summed E-state index contributed by atoms with van der Waals surface area (Å²) in [7, 11) is 1.74. The average Bonchev–Trinajstić information content (AvgIpc) is 2.53. The summed E-state index contributed by atoms with van der Waals surface area (Å²) in [6.07, 6.45) is 0. The lowest BCUT2D eigenvalue weighted by molar-refractivity contribution is 0.541. The Bertz CT molecular complexity index is 605. The van der Waals surface area contributed by atoms with E-state index in [9.17, 15) is 8.78 Å². The van der Waals surface area contributed by atoms with E-state index in [1.165, 1.54) is 0 Å². The fourth-order valence-corrected chi connectivity index (χ4v) is 3.01. The van der Waals surface area contributed by atoms with E-state index in [1.807, 2.05) is 0 Å². The van der Waals surface area contributed by atoms with Crippen molar-refractivity contribution in [2.75, 3.05) is 5.73 Å². The van der Waals surface area contributed by atoms with E-state index < -0.39 is 11.6 Å². The van der Waals surface area contributed by atoms with Gasteiger partial charge in [-0.1, -0.05) is 11.6 Å². The molecule has 0 aliphatic heterocycles. The van der Waals surface area contributed by atoms with Gasteiger partial charge in [-0.3, -0.25) is 4.68 Å². The zero-order valence-corrected chi connectivity index (χ0v) is 11.9. The van der Waals surface area contributed by atoms with E-state index in [1.54, 1.807) is 18.7 Å². The third-order valence-electron chi connectivity index (χ3n) is 2.64. The van der Waals surface area contributed by atoms with Crippen LogP contribution in [-0.4, -0.2) is 9.78 Å². The number of halogens is 3. The van der Waals surface area contributed by atoms with Gasteiger partial charge in [-0.15, -0.1) is 11.8 Å². The molecule has 0 fully saturated rings. The highest BCUT2D eigenvalue weighted by Crippen LogP contribution is 2.32. The maximum Gasteiger partial charge on any atom is 0.141 e. The Morgan fingerprint density at radius 2 is 1.95 bits per heavy atom. The quantitative estimate of drug-likeness (QED) is 0.697. The topological polar surface area (TPSA) is 43.8 Å². The Morgan fingerprint density at radius 3 is 2.42 bits per heavy atom. The van der Waals surface area contributed by atoms with E-state index >= 15 is 0 Å². The number of aryl methyl sites for hydroxylation is 2. The zero-order valence-electron chi connectivity index (χ0n) is 10.4. The van der Waals surface area contributed by atoms with Gasteiger partial charge in [-0.2, -0.15) is 5.10 Å². The predicted molar refractivity (Wildman–Crippen MR) is 73.3 cm³/mol. The van der Waals surface area contributed by atoms with Crippen molar-refractivity contribution in [2.24, 2.45) is 7.05 Å². The Kier molecular flexibility index (Phi) is 4.01. The van der Waals surface area contributed by atoms with E-state index in [0.717, 1.165) is 29.6 Å². The lowest BCUT2D eigenvalue weighted by Crippen LogP contribution is -1.98. The average molecular weight is 304 g/mol. The van der Waals surface area contributed by atoms with Crippen LogP contribution in [0.3, 0.4) is 0 Å². The van der Waals surface area contributed by atoms with Crippen LogP contribution in [0.2, 0.25) is 5.02 Å². The predicted octanol–water partition coefficient (Wildman–Crippen LogP) is 3.53. The first kappa shape index (κ1) is 14.1. The number of nitrogen functional groups attached to an aromatic ring is 1. The highest BCUT2D eigenvalue weighted by Gasteiger charge is 2.15. The number of hydrogen-bond acceptors (Lipinski definition) is 3. The smallest absolute Gasteiger partial charge is 0.141 e. The standard InChI is InChI=1S/C12H12ClF2N3S/c1-6-11(13)10(18(2)17-6)5-19-12-8(14)3-7(16)4-9(12)15/h3-4H,5,16H2,1-2H3. The molecule has 0 bridgehead atoms. The van der Waals surface area contributed by atoms with E-state index in [4.69, 9.17) is 17.3 Å². The summed E-state index contributed by atoms with van der Waals surface area (Å²) < 4.78 is 28.9. The van der Waals surface area contributed by atoms with Crippen molar-refractivity contribution in [3.05, 3.63) is 40.2 Å². The Labute approximate surface area is 118 Å². The van der Waals surface area contributed by atoms with Crippen LogP contribution in [0.1, 0.15) is 11.4 Å². The first-order valence-corrected chi connectivity index (χ1v) is 6.81. The molecule has 19 heavy (non-hydrogen) atoms. The van der Waals surface area contributed by atoms with E-state index in [2.05, 4.69) is 5.10 Å². The van der Waals surface area contributed by atoms with Gasteiger partial charge in [0.15, 0.2) is 0 Å². The molecule has 1 heterocycles. The molecule has 0 radical (unpaired) electrons. The molecule has 2 aromatic rings. The molecule has 0 aliphatic rings. The van der Waals surface area contributed by atoms with Gasteiger partial charge < -0.3 is 5.73 Å². The Morgan fingerprint density at radius 1 is 1.37 bits per heavy atom. The van der Waals surface area contributed by atoms with Crippen LogP contribution in [0.5, 0.6) is 0 Å². The molecule has 0 atom stereocenters. The molecule has 0 amide bonds. The number of thioether (sulfide) groups is 1. The lowest BCUT2D eigenvalue weighted by atomic mass is 10.3. The Hall–Kier alpha value is -1.27. The minimum atomic E-state index is -0.669. The van der Waals surface area contributed by atoms with Gasteiger partial charge in [0.1, 0.15) is 11.6 Å². The van der Waals surface area contributed by atoms with Crippen molar-refractivity contribution >= 4 is 29.1 Å². The molecular weight excluding hydrogens is 292 g/mol. The lowest BCUT2D eigenvalue weighted by Gasteiger charge is -2.06. The third-order valence-corrected chi connectivity index (χ3v) is 4.22. The van der Waals surface area contributed by atoms with Crippen LogP contribution >= 0.6 is 23.4 Å². The minimum absolute atomic E-state index is 0.0637. The number of aromatic nitrogens is 2. The van der Waals surface area contributed by atoms with Crippen LogP contribution < -0.4 is 5.73 Å². The molecule has 2 N–H and O–H groups in total. The molecule has 2 rings (SSSR count). The Balaban J connectivity index is 2.24. The molecular formula is C12H12ClF2N3S. The number of hydrogen-bond donors (Lipinski definition) is 1. The monoisotopic (exact) mass is 303 g/mol. The fourth-order valence-electron chi connectivity index (χ4n) is 1.69. The summed E-state index contributed by atoms with van der Waals surface area (Å²) in [5.41, 5.74) is 6.84. The molecule has 7 heteroatoms. The third kappa shape index (κ3) is 2.84. The van der Waals surface area contributed by atoms with Crippen molar-refractivity contribution in [2.45, 2.75) is 17.6 Å². The van der Waals surface area contributed by atoms with E-state index in [0.29, 0.717) is 16.5 Å². The number of rotatable bonds is 3. The van der Waals surface area contributed by atoms with Crippen molar-refractivity contribution in [1.29, 1.82) is 0 Å². The first-order valence-electron chi connectivity index (χ1n) is 5.45. The number of nitrogens with two attached hydrogens (primary N) is 1. The number of nitrogens with zero attached hydrogens (tertiary/aromatic N) is 2. The van der Waals surface area contributed by atoms with Crippen molar-refractivity contribution in [3.8, 4) is 0 Å². The summed E-state index contributed by atoms with van der Waals surface area (Å²) in [5, 5.41) is 4.67.